The fourth-order valence-corrected chi connectivity index (χ4v) is 2.17. The van der Waals surface area contributed by atoms with E-state index in [4.69, 9.17) is 9.47 Å². The Morgan fingerprint density at radius 1 is 1.10 bits per heavy atom. The Morgan fingerprint density at radius 3 is 2.50 bits per heavy atom. The van der Waals surface area contributed by atoms with Gasteiger partial charge < -0.3 is 14.8 Å². The van der Waals surface area contributed by atoms with Crippen LogP contribution in [0.3, 0.4) is 0 Å². The molecule has 1 aromatic carbocycles. The minimum Gasteiger partial charge on any atom is -0.493 e. The first kappa shape index (κ1) is 14.6. The molecule has 1 N–H and O–H groups in total. The molecule has 0 aliphatic heterocycles. The molecule has 106 valence electrons. The molecule has 20 heavy (non-hydrogen) atoms. The zero-order valence-corrected chi connectivity index (χ0v) is 13.2. The van der Waals surface area contributed by atoms with E-state index in [1.54, 1.807) is 14.2 Å². The number of ether oxygens (including phenoxy) is 2. The molecule has 0 saturated heterocycles. The van der Waals surface area contributed by atoms with Crippen LogP contribution in [0.4, 0.5) is 11.5 Å². The van der Waals surface area contributed by atoms with Crippen molar-refractivity contribution in [3.05, 3.63) is 34.7 Å². The monoisotopic (exact) mass is 337 g/mol. The molecule has 1 heterocycles. The lowest BCUT2D eigenvalue weighted by Crippen LogP contribution is -2.00. The zero-order valence-electron chi connectivity index (χ0n) is 11.6. The molecule has 5 nitrogen and oxygen atoms in total. The van der Waals surface area contributed by atoms with Crippen molar-refractivity contribution in [1.82, 2.24) is 9.97 Å². The van der Waals surface area contributed by atoms with Crippen molar-refractivity contribution in [2.75, 3.05) is 19.5 Å². The Balaban J connectivity index is 2.27. The van der Waals surface area contributed by atoms with Gasteiger partial charge in [0.1, 0.15) is 16.2 Å². The lowest BCUT2D eigenvalue weighted by Gasteiger charge is -2.11. The van der Waals surface area contributed by atoms with E-state index in [0.717, 1.165) is 28.4 Å². The van der Waals surface area contributed by atoms with Crippen LogP contribution in [0.5, 0.6) is 11.5 Å². The quantitative estimate of drug-likeness (QED) is 0.845. The third-order valence-electron chi connectivity index (χ3n) is 2.71. The largest absolute Gasteiger partial charge is 0.493 e. The van der Waals surface area contributed by atoms with Crippen LogP contribution in [-0.2, 0) is 6.42 Å². The van der Waals surface area contributed by atoms with Gasteiger partial charge in [-0.1, -0.05) is 6.92 Å². The van der Waals surface area contributed by atoms with E-state index < -0.39 is 0 Å². The topological polar surface area (TPSA) is 56.3 Å². The van der Waals surface area contributed by atoms with Crippen molar-refractivity contribution in [1.29, 1.82) is 0 Å². The molecule has 0 atom stereocenters. The highest BCUT2D eigenvalue weighted by Crippen LogP contribution is 2.31. The van der Waals surface area contributed by atoms with Crippen LogP contribution in [-0.4, -0.2) is 24.2 Å². The van der Waals surface area contributed by atoms with Crippen molar-refractivity contribution in [2.45, 2.75) is 13.3 Å². The Kier molecular flexibility index (Phi) is 4.79. The normalized spacial score (nSPS) is 10.2. The standard InChI is InChI=1S/C14H16BrN3O2/c1-4-13-17-12(15)8-14(18-13)16-9-5-6-10(19-2)11(7-9)20-3/h5-8H,4H2,1-3H3,(H,16,17,18). The molecule has 0 aliphatic rings. The van der Waals surface area contributed by atoms with Crippen LogP contribution in [0.15, 0.2) is 28.9 Å². The number of methoxy groups -OCH3 is 2. The lowest BCUT2D eigenvalue weighted by molar-refractivity contribution is 0.355. The average molecular weight is 338 g/mol. The predicted molar refractivity (Wildman–Crippen MR) is 81.9 cm³/mol. The molecule has 2 aromatic rings. The number of rotatable bonds is 5. The molecule has 0 radical (unpaired) electrons. The van der Waals surface area contributed by atoms with Gasteiger partial charge in [0.15, 0.2) is 11.5 Å². The van der Waals surface area contributed by atoms with Gasteiger partial charge in [-0.05, 0) is 28.1 Å². The highest BCUT2D eigenvalue weighted by Gasteiger charge is 2.06. The summed E-state index contributed by atoms with van der Waals surface area (Å²) in [7, 11) is 3.22. The summed E-state index contributed by atoms with van der Waals surface area (Å²) in [5, 5.41) is 3.23. The molecule has 0 bridgehead atoms. The Morgan fingerprint density at radius 2 is 1.85 bits per heavy atom. The lowest BCUT2D eigenvalue weighted by atomic mass is 10.2. The van der Waals surface area contributed by atoms with Crippen molar-refractivity contribution in [2.24, 2.45) is 0 Å². The SMILES string of the molecule is CCc1nc(Br)cc(Nc2ccc(OC)c(OC)c2)n1. The highest BCUT2D eigenvalue weighted by molar-refractivity contribution is 9.10. The van der Waals surface area contributed by atoms with Gasteiger partial charge in [0.25, 0.3) is 0 Å². The Hall–Kier alpha value is -1.82. The third kappa shape index (κ3) is 3.39. The summed E-state index contributed by atoms with van der Waals surface area (Å²) in [6.45, 7) is 2.02. The fraction of sp³-hybridized carbons (Fsp3) is 0.286. The maximum absolute atomic E-state index is 5.28. The van der Waals surface area contributed by atoms with Gasteiger partial charge >= 0.3 is 0 Å². The van der Waals surface area contributed by atoms with Crippen LogP contribution in [0, 0.1) is 0 Å². The molecule has 1 aromatic heterocycles. The number of anilines is 2. The van der Waals surface area contributed by atoms with E-state index in [1.165, 1.54) is 0 Å². The Bertz CT molecular complexity index is 605. The van der Waals surface area contributed by atoms with E-state index in [1.807, 2.05) is 31.2 Å². The van der Waals surface area contributed by atoms with Crippen LogP contribution in [0.2, 0.25) is 0 Å². The number of nitrogens with one attached hydrogen (secondary N) is 1. The van der Waals surface area contributed by atoms with E-state index in [9.17, 15) is 0 Å². The Labute approximate surface area is 126 Å². The molecular formula is C14H16BrN3O2. The molecule has 0 fully saturated rings. The van der Waals surface area contributed by atoms with Crippen molar-refractivity contribution < 1.29 is 9.47 Å². The van der Waals surface area contributed by atoms with E-state index in [2.05, 4.69) is 31.2 Å². The summed E-state index contributed by atoms with van der Waals surface area (Å²) in [4.78, 5) is 8.70. The summed E-state index contributed by atoms with van der Waals surface area (Å²) < 4.78 is 11.2. The molecule has 6 heteroatoms. The van der Waals surface area contributed by atoms with Gasteiger partial charge in [0.2, 0.25) is 0 Å². The van der Waals surface area contributed by atoms with Crippen LogP contribution >= 0.6 is 15.9 Å². The van der Waals surface area contributed by atoms with E-state index in [-0.39, 0.29) is 0 Å². The second kappa shape index (κ2) is 6.56. The summed E-state index contributed by atoms with van der Waals surface area (Å²) in [6.07, 6.45) is 0.778. The highest BCUT2D eigenvalue weighted by atomic mass is 79.9. The fourth-order valence-electron chi connectivity index (χ4n) is 1.75. The summed E-state index contributed by atoms with van der Waals surface area (Å²) >= 11 is 3.38. The number of aromatic nitrogens is 2. The zero-order chi connectivity index (χ0) is 14.5. The van der Waals surface area contributed by atoms with Crippen molar-refractivity contribution in [3.63, 3.8) is 0 Å². The van der Waals surface area contributed by atoms with Gasteiger partial charge in [-0.3, -0.25) is 0 Å². The maximum atomic E-state index is 5.28. The number of nitrogens with zero attached hydrogens (tertiary/aromatic N) is 2. The van der Waals surface area contributed by atoms with Crippen molar-refractivity contribution >= 4 is 27.4 Å². The van der Waals surface area contributed by atoms with Crippen LogP contribution in [0.25, 0.3) is 0 Å². The van der Waals surface area contributed by atoms with Crippen molar-refractivity contribution in [3.8, 4) is 11.5 Å². The maximum Gasteiger partial charge on any atom is 0.162 e. The third-order valence-corrected chi connectivity index (χ3v) is 3.12. The molecule has 2 rings (SSSR count). The number of hydrogen-bond donors (Lipinski definition) is 1. The van der Waals surface area contributed by atoms with Crippen LogP contribution in [0.1, 0.15) is 12.7 Å². The van der Waals surface area contributed by atoms with Gasteiger partial charge in [-0.2, -0.15) is 0 Å². The number of hydrogen-bond acceptors (Lipinski definition) is 5. The molecule has 0 spiro atoms. The summed E-state index contributed by atoms with van der Waals surface area (Å²) in [5.74, 6) is 2.87. The molecule has 0 amide bonds. The van der Waals surface area contributed by atoms with E-state index in [0.29, 0.717) is 11.5 Å². The first-order valence-electron chi connectivity index (χ1n) is 6.18. The predicted octanol–water partition coefficient (Wildman–Crippen LogP) is 3.56. The average Bonchev–Trinajstić information content (AvgIpc) is 2.46. The van der Waals surface area contributed by atoms with Gasteiger partial charge in [0.05, 0.1) is 14.2 Å². The minimum absolute atomic E-state index is 0.668. The summed E-state index contributed by atoms with van der Waals surface area (Å²) in [6, 6.07) is 7.44. The molecule has 0 saturated carbocycles. The number of aryl methyl sites for hydroxylation is 1. The smallest absolute Gasteiger partial charge is 0.162 e. The summed E-state index contributed by atoms with van der Waals surface area (Å²) in [5.41, 5.74) is 0.871. The molecule has 0 aliphatic carbocycles. The molecular weight excluding hydrogens is 322 g/mol. The number of halogens is 1. The first-order valence-corrected chi connectivity index (χ1v) is 6.98. The van der Waals surface area contributed by atoms with Gasteiger partial charge in [0, 0.05) is 24.2 Å². The first-order chi connectivity index (χ1) is 9.66. The van der Waals surface area contributed by atoms with Gasteiger partial charge in [-0.15, -0.1) is 0 Å². The second-order valence-corrected chi connectivity index (χ2v) is 4.85. The number of benzene rings is 1. The second-order valence-electron chi connectivity index (χ2n) is 4.04. The van der Waals surface area contributed by atoms with E-state index >= 15 is 0 Å². The van der Waals surface area contributed by atoms with Gasteiger partial charge in [-0.25, -0.2) is 9.97 Å². The molecule has 0 unspecified atom stereocenters. The van der Waals surface area contributed by atoms with Crippen LogP contribution < -0.4 is 14.8 Å². The minimum atomic E-state index is 0.668.